The maximum Gasteiger partial charge on any atom is 0.230 e. The van der Waals surface area contributed by atoms with Crippen molar-refractivity contribution in [3.8, 4) is 0 Å². The second-order valence-corrected chi connectivity index (χ2v) is 3.55. The van der Waals surface area contributed by atoms with Gasteiger partial charge in [-0.3, -0.25) is 4.79 Å². The number of carbonyl (C=O) groups is 1. The minimum atomic E-state index is -0.240. The van der Waals surface area contributed by atoms with Crippen LogP contribution < -0.4 is 5.32 Å². The number of amides is 1. The van der Waals surface area contributed by atoms with Crippen molar-refractivity contribution in [2.24, 2.45) is 0 Å². The van der Waals surface area contributed by atoms with Gasteiger partial charge in [0.1, 0.15) is 5.82 Å². The summed E-state index contributed by atoms with van der Waals surface area (Å²) in [6.07, 6.45) is 0. The summed E-state index contributed by atoms with van der Waals surface area (Å²) in [5.41, 5.74) is 1.38. The lowest BCUT2D eigenvalue weighted by Gasteiger charge is -2.04. The fraction of sp³-hybridized carbons (Fsp3) is 0.417. The molecule has 2 nitrogen and oxygen atoms in total. The van der Waals surface area contributed by atoms with Crippen LogP contribution >= 0.6 is 15.9 Å². The minimum absolute atomic E-state index is 0.106. The molecule has 1 N–H and O–H groups in total. The Morgan fingerprint density at radius 3 is 2.56 bits per heavy atom. The predicted molar refractivity (Wildman–Crippen MR) is 68.1 cm³/mol. The summed E-state index contributed by atoms with van der Waals surface area (Å²) < 4.78 is 13.1. The standard InChI is InChI=1S/C10H11BrFNO.C2H6/c1-7-2-3-8(4-9(7)12)6-13-10(14)5-11;1-2/h2-4H,5-6H2,1H3,(H,13,14);1-2H3. The van der Waals surface area contributed by atoms with Crippen LogP contribution in [0.15, 0.2) is 18.2 Å². The van der Waals surface area contributed by atoms with E-state index >= 15 is 0 Å². The molecule has 1 aromatic rings. The zero-order valence-corrected chi connectivity index (χ0v) is 11.4. The van der Waals surface area contributed by atoms with Crippen molar-refractivity contribution in [2.75, 3.05) is 5.33 Å². The molecule has 0 aliphatic carbocycles. The van der Waals surface area contributed by atoms with E-state index in [1.54, 1.807) is 19.1 Å². The van der Waals surface area contributed by atoms with Crippen LogP contribution in [0.25, 0.3) is 0 Å². The SMILES string of the molecule is CC.Cc1ccc(CNC(=O)CBr)cc1F. The van der Waals surface area contributed by atoms with Gasteiger partial charge in [0, 0.05) is 6.54 Å². The number of hydrogen-bond donors (Lipinski definition) is 1. The highest BCUT2D eigenvalue weighted by Gasteiger charge is 2.01. The number of rotatable bonds is 3. The lowest BCUT2D eigenvalue weighted by molar-refractivity contribution is -0.118. The van der Waals surface area contributed by atoms with Gasteiger partial charge in [0.05, 0.1) is 5.33 Å². The van der Waals surface area contributed by atoms with Crippen LogP contribution in [0.3, 0.4) is 0 Å². The Bertz CT molecular complexity index is 342. The van der Waals surface area contributed by atoms with E-state index in [2.05, 4.69) is 21.2 Å². The maximum absolute atomic E-state index is 13.1. The molecule has 0 fully saturated rings. The van der Waals surface area contributed by atoms with Gasteiger partial charge in [0.2, 0.25) is 5.91 Å². The average molecular weight is 290 g/mol. The van der Waals surface area contributed by atoms with Gasteiger partial charge in [0.25, 0.3) is 0 Å². The first kappa shape index (κ1) is 15.1. The third kappa shape index (κ3) is 5.26. The number of nitrogens with one attached hydrogen (secondary N) is 1. The van der Waals surface area contributed by atoms with Crippen molar-refractivity contribution < 1.29 is 9.18 Å². The number of carbonyl (C=O) groups excluding carboxylic acids is 1. The van der Waals surface area contributed by atoms with Gasteiger partial charge in [-0.25, -0.2) is 4.39 Å². The Kier molecular flexibility index (Phi) is 7.81. The first-order valence-electron chi connectivity index (χ1n) is 5.21. The van der Waals surface area contributed by atoms with Gasteiger partial charge in [-0.1, -0.05) is 41.9 Å². The van der Waals surface area contributed by atoms with E-state index in [9.17, 15) is 9.18 Å². The van der Waals surface area contributed by atoms with E-state index in [1.807, 2.05) is 13.8 Å². The molecule has 0 heterocycles. The third-order valence-corrected chi connectivity index (χ3v) is 2.36. The number of hydrogen-bond acceptors (Lipinski definition) is 1. The highest BCUT2D eigenvalue weighted by molar-refractivity contribution is 9.09. The van der Waals surface area contributed by atoms with Crippen molar-refractivity contribution in [1.82, 2.24) is 5.32 Å². The quantitative estimate of drug-likeness (QED) is 0.851. The summed E-state index contributed by atoms with van der Waals surface area (Å²) in [6, 6.07) is 4.93. The Labute approximate surface area is 104 Å². The summed E-state index contributed by atoms with van der Waals surface area (Å²) >= 11 is 3.03. The molecule has 0 aliphatic heterocycles. The van der Waals surface area contributed by atoms with Gasteiger partial charge < -0.3 is 5.32 Å². The van der Waals surface area contributed by atoms with Gasteiger partial charge in [-0.05, 0) is 24.1 Å². The summed E-state index contributed by atoms with van der Waals surface area (Å²) in [7, 11) is 0. The van der Waals surface area contributed by atoms with E-state index in [0.29, 0.717) is 12.1 Å². The summed E-state index contributed by atoms with van der Waals surface area (Å²) in [4.78, 5) is 10.9. The van der Waals surface area contributed by atoms with E-state index in [0.717, 1.165) is 5.56 Å². The first-order chi connectivity index (χ1) is 7.63. The average Bonchev–Trinajstić information content (AvgIpc) is 2.33. The smallest absolute Gasteiger partial charge is 0.230 e. The van der Waals surface area contributed by atoms with Crippen molar-refractivity contribution in [1.29, 1.82) is 0 Å². The van der Waals surface area contributed by atoms with E-state index in [1.165, 1.54) is 6.07 Å². The van der Waals surface area contributed by atoms with Gasteiger partial charge in [-0.2, -0.15) is 0 Å². The number of halogens is 2. The Morgan fingerprint density at radius 2 is 2.06 bits per heavy atom. The fourth-order valence-electron chi connectivity index (χ4n) is 0.994. The highest BCUT2D eigenvalue weighted by atomic mass is 79.9. The normalized spacial score (nSPS) is 9.06. The molecule has 0 atom stereocenters. The lowest BCUT2D eigenvalue weighted by Crippen LogP contribution is -2.23. The van der Waals surface area contributed by atoms with Gasteiger partial charge >= 0.3 is 0 Å². The molecule has 0 aliphatic rings. The van der Waals surface area contributed by atoms with Crippen LogP contribution in [-0.4, -0.2) is 11.2 Å². The molecular formula is C12H17BrFNO. The van der Waals surface area contributed by atoms with Crippen molar-refractivity contribution >= 4 is 21.8 Å². The molecule has 0 unspecified atom stereocenters. The minimum Gasteiger partial charge on any atom is -0.351 e. The van der Waals surface area contributed by atoms with Crippen LogP contribution in [0.2, 0.25) is 0 Å². The maximum atomic E-state index is 13.1. The summed E-state index contributed by atoms with van der Waals surface area (Å²) in [5, 5.41) is 2.91. The molecule has 90 valence electrons. The molecule has 0 radical (unpaired) electrons. The van der Waals surface area contributed by atoms with Crippen molar-refractivity contribution in [2.45, 2.75) is 27.3 Å². The van der Waals surface area contributed by atoms with Gasteiger partial charge in [0.15, 0.2) is 0 Å². The first-order valence-corrected chi connectivity index (χ1v) is 6.33. The molecule has 0 saturated heterocycles. The second-order valence-electron chi connectivity index (χ2n) is 2.99. The number of alkyl halides is 1. The largest absolute Gasteiger partial charge is 0.351 e. The van der Waals surface area contributed by atoms with Crippen LogP contribution in [0.5, 0.6) is 0 Å². The van der Waals surface area contributed by atoms with Gasteiger partial charge in [-0.15, -0.1) is 0 Å². The second kappa shape index (κ2) is 8.28. The van der Waals surface area contributed by atoms with Crippen molar-refractivity contribution in [3.05, 3.63) is 35.1 Å². The fourth-order valence-corrected chi connectivity index (χ4v) is 1.19. The van der Waals surface area contributed by atoms with Crippen molar-refractivity contribution in [3.63, 3.8) is 0 Å². The van der Waals surface area contributed by atoms with E-state index in [-0.39, 0.29) is 17.1 Å². The Hall–Kier alpha value is -0.900. The monoisotopic (exact) mass is 289 g/mol. The summed E-state index contributed by atoms with van der Waals surface area (Å²) in [6.45, 7) is 6.07. The molecule has 0 saturated carbocycles. The molecule has 1 rings (SSSR count). The predicted octanol–water partition coefficient (Wildman–Crippen LogP) is 3.17. The topological polar surface area (TPSA) is 29.1 Å². The van der Waals surface area contributed by atoms with Crippen LogP contribution in [0.1, 0.15) is 25.0 Å². The van der Waals surface area contributed by atoms with E-state index < -0.39 is 0 Å². The van der Waals surface area contributed by atoms with E-state index in [4.69, 9.17) is 0 Å². The van der Waals surface area contributed by atoms with Crippen LogP contribution in [0.4, 0.5) is 4.39 Å². The Morgan fingerprint density at radius 1 is 1.44 bits per heavy atom. The zero-order valence-electron chi connectivity index (χ0n) is 9.81. The zero-order chi connectivity index (χ0) is 12.6. The molecular weight excluding hydrogens is 273 g/mol. The molecule has 0 aromatic heterocycles. The van der Waals surface area contributed by atoms with Crippen LogP contribution in [-0.2, 0) is 11.3 Å². The summed E-state index contributed by atoms with van der Waals surface area (Å²) in [5.74, 6) is -0.346. The number of benzene rings is 1. The molecule has 1 amide bonds. The lowest BCUT2D eigenvalue weighted by atomic mass is 10.1. The molecule has 1 aromatic carbocycles. The third-order valence-electron chi connectivity index (χ3n) is 1.85. The Balaban J connectivity index is 0.00000106. The molecule has 0 spiro atoms. The highest BCUT2D eigenvalue weighted by Crippen LogP contribution is 2.08. The molecule has 16 heavy (non-hydrogen) atoms. The number of aryl methyl sites for hydroxylation is 1. The molecule has 0 bridgehead atoms. The van der Waals surface area contributed by atoms with Crippen LogP contribution in [0, 0.1) is 12.7 Å². The molecule has 4 heteroatoms.